The zero-order valence-corrected chi connectivity index (χ0v) is 9.75. The lowest BCUT2D eigenvalue weighted by Gasteiger charge is -2.00. The first-order valence-corrected chi connectivity index (χ1v) is 5.44. The number of Topliss-reactive ketones (excluding diaryl/α,β-unsaturated/α-hetero) is 1. The minimum atomic E-state index is -0.310. The molecule has 1 N–H and O–H groups in total. The molecular formula is C10H11FINO. The number of ketones is 1. The van der Waals surface area contributed by atoms with Gasteiger partial charge in [0.25, 0.3) is 0 Å². The summed E-state index contributed by atoms with van der Waals surface area (Å²) in [6, 6.07) is 5.66. The van der Waals surface area contributed by atoms with E-state index in [2.05, 4.69) is 3.53 Å². The van der Waals surface area contributed by atoms with E-state index >= 15 is 0 Å². The Morgan fingerprint density at radius 1 is 1.36 bits per heavy atom. The second-order valence-corrected chi connectivity index (χ2v) is 3.68. The van der Waals surface area contributed by atoms with Gasteiger partial charge in [-0.05, 0) is 30.7 Å². The lowest BCUT2D eigenvalue weighted by Crippen LogP contribution is -2.05. The van der Waals surface area contributed by atoms with E-state index in [1.807, 2.05) is 22.9 Å². The Balaban J connectivity index is 2.48. The molecule has 0 atom stereocenters. The highest BCUT2D eigenvalue weighted by Crippen LogP contribution is 2.06. The van der Waals surface area contributed by atoms with Crippen LogP contribution < -0.4 is 3.53 Å². The van der Waals surface area contributed by atoms with Gasteiger partial charge in [-0.3, -0.25) is 8.32 Å². The van der Waals surface area contributed by atoms with E-state index in [1.165, 1.54) is 24.3 Å². The van der Waals surface area contributed by atoms with Crippen molar-refractivity contribution < 1.29 is 9.18 Å². The van der Waals surface area contributed by atoms with Crippen molar-refractivity contribution in [2.75, 3.05) is 6.54 Å². The highest BCUT2D eigenvalue weighted by molar-refractivity contribution is 14.1. The third kappa shape index (κ3) is 3.71. The van der Waals surface area contributed by atoms with E-state index in [0.717, 1.165) is 13.0 Å². The molecule has 76 valence electrons. The van der Waals surface area contributed by atoms with Crippen LogP contribution in [-0.2, 0) is 0 Å². The summed E-state index contributed by atoms with van der Waals surface area (Å²) >= 11 is 2.04. The maximum Gasteiger partial charge on any atom is 0.162 e. The topological polar surface area (TPSA) is 29.1 Å². The molecule has 0 saturated heterocycles. The summed E-state index contributed by atoms with van der Waals surface area (Å²) in [6.07, 6.45) is 1.31. The van der Waals surface area contributed by atoms with Gasteiger partial charge in [0.15, 0.2) is 5.78 Å². The quantitative estimate of drug-likeness (QED) is 0.392. The molecule has 0 unspecified atom stereocenters. The zero-order valence-electron chi connectivity index (χ0n) is 7.59. The van der Waals surface area contributed by atoms with Crippen molar-refractivity contribution in [1.29, 1.82) is 0 Å². The number of benzene rings is 1. The van der Waals surface area contributed by atoms with Crippen LogP contribution in [0.4, 0.5) is 4.39 Å². The van der Waals surface area contributed by atoms with E-state index in [1.54, 1.807) is 0 Å². The Labute approximate surface area is 96.4 Å². The second kappa shape index (κ2) is 6.08. The van der Waals surface area contributed by atoms with E-state index in [4.69, 9.17) is 0 Å². The maximum absolute atomic E-state index is 12.5. The number of hydrogen-bond acceptors (Lipinski definition) is 2. The number of rotatable bonds is 5. The van der Waals surface area contributed by atoms with Crippen molar-refractivity contribution >= 4 is 28.6 Å². The molecule has 0 aliphatic heterocycles. The molecule has 1 rings (SSSR count). The highest BCUT2D eigenvalue weighted by Gasteiger charge is 2.04. The Morgan fingerprint density at radius 2 is 2.00 bits per heavy atom. The molecule has 1 aromatic rings. The first-order chi connectivity index (χ1) is 6.74. The molecule has 0 fully saturated rings. The lowest BCUT2D eigenvalue weighted by atomic mass is 10.1. The summed E-state index contributed by atoms with van der Waals surface area (Å²) < 4.78 is 15.5. The third-order valence-corrected chi connectivity index (χ3v) is 2.38. The molecule has 0 amide bonds. The third-order valence-electron chi connectivity index (χ3n) is 1.84. The van der Waals surface area contributed by atoms with Crippen LogP contribution in [0.5, 0.6) is 0 Å². The zero-order chi connectivity index (χ0) is 10.4. The van der Waals surface area contributed by atoms with Gasteiger partial charge in [-0.1, -0.05) is 0 Å². The standard InChI is InChI=1S/C10H11FINO/c11-9-5-3-8(4-6-9)10(14)2-1-7-13-12/h3-6,13H,1-2,7H2. The van der Waals surface area contributed by atoms with Crippen LogP contribution >= 0.6 is 22.9 Å². The summed E-state index contributed by atoms with van der Waals surface area (Å²) in [4.78, 5) is 11.5. The molecular weight excluding hydrogens is 296 g/mol. The summed E-state index contributed by atoms with van der Waals surface area (Å²) in [5.74, 6) is -0.243. The van der Waals surface area contributed by atoms with Crippen LogP contribution in [-0.4, -0.2) is 12.3 Å². The van der Waals surface area contributed by atoms with E-state index < -0.39 is 0 Å². The van der Waals surface area contributed by atoms with Crippen LogP contribution in [0.25, 0.3) is 0 Å². The van der Waals surface area contributed by atoms with Crippen LogP contribution in [0.15, 0.2) is 24.3 Å². The Kier molecular flexibility index (Phi) is 5.03. The summed E-state index contributed by atoms with van der Waals surface area (Å²) in [7, 11) is 0. The van der Waals surface area contributed by atoms with Crippen LogP contribution in [0, 0.1) is 5.82 Å². The van der Waals surface area contributed by atoms with Gasteiger partial charge in [-0.2, -0.15) is 0 Å². The molecule has 0 bridgehead atoms. The van der Waals surface area contributed by atoms with Crippen molar-refractivity contribution in [3.63, 3.8) is 0 Å². The molecule has 0 aliphatic carbocycles. The van der Waals surface area contributed by atoms with Crippen molar-refractivity contribution in [3.8, 4) is 0 Å². The molecule has 1 aromatic carbocycles. The van der Waals surface area contributed by atoms with Gasteiger partial charge in [0.05, 0.1) is 0 Å². The van der Waals surface area contributed by atoms with Crippen molar-refractivity contribution in [2.24, 2.45) is 0 Å². The van der Waals surface area contributed by atoms with Crippen LogP contribution in [0.1, 0.15) is 23.2 Å². The smallest absolute Gasteiger partial charge is 0.162 e. The molecule has 0 heterocycles. The van der Waals surface area contributed by atoms with Crippen molar-refractivity contribution in [2.45, 2.75) is 12.8 Å². The maximum atomic E-state index is 12.5. The number of nitrogens with one attached hydrogen (secondary N) is 1. The first kappa shape index (κ1) is 11.6. The van der Waals surface area contributed by atoms with Gasteiger partial charge >= 0.3 is 0 Å². The summed E-state index contributed by atoms with van der Waals surface area (Å²) in [5.41, 5.74) is 0.583. The predicted octanol–water partition coefficient (Wildman–Crippen LogP) is 2.73. The fourth-order valence-corrected chi connectivity index (χ4v) is 1.48. The molecule has 0 spiro atoms. The molecule has 0 saturated carbocycles. The van der Waals surface area contributed by atoms with Crippen molar-refractivity contribution in [1.82, 2.24) is 3.53 Å². The largest absolute Gasteiger partial charge is 0.294 e. The van der Waals surface area contributed by atoms with E-state index in [0.29, 0.717) is 12.0 Å². The van der Waals surface area contributed by atoms with E-state index in [-0.39, 0.29) is 11.6 Å². The summed E-state index contributed by atoms with van der Waals surface area (Å²) in [6.45, 7) is 0.813. The van der Waals surface area contributed by atoms with Crippen LogP contribution in [0.3, 0.4) is 0 Å². The monoisotopic (exact) mass is 307 g/mol. The Hall–Kier alpha value is -0.490. The highest BCUT2D eigenvalue weighted by atomic mass is 127. The number of halogens is 2. The van der Waals surface area contributed by atoms with Gasteiger partial charge in [-0.25, -0.2) is 4.39 Å². The number of hydrogen-bond donors (Lipinski definition) is 1. The molecule has 0 radical (unpaired) electrons. The van der Waals surface area contributed by atoms with Gasteiger partial charge in [0.1, 0.15) is 5.82 Å². The second-order valence-electron chi connectivity index (χ2n) is 2.92. The van der Waals surface area contributed by atoms with Crippen molar-refractivity contribution in [3.05, 3.63) is 35.6 Å². The first-order valence-electron chi connectivity index (χ1n) is 4.36. The fourth-order valence-electron chi connectivity index (χ4n) is 1.10. The normalized spacial score (nSPS) is 10.1. The van der Waals surface area contributed by atoms with Gasteiger partial charge in [-0.15, -0.1) is 0 Å². The van der Waals surface area contributed by atoms with Gasteiger partial charge < -0.3 is 0 Å². The average Bonchev–Trinajstić information content (AvgIpc) is 2.19. The Bertz CT molecular complexity index is 299. The number of carbonyl (C=O) groups excluding carboxylic acids is 1. The molecule has 14 heavy (non-hydrogen) atoms. The van der Waals surface area contributed by atoms with Gasteiger partial charge in [0.2, 0.25) is 0 Å². The Morgan fingerprint density at radius 3 is 2.57 bits per heavy atom. The van der Waals surface area contributed by atoms with Crippen LogP contribution in [0.2, 0.25) is 0 Å². The lowest BCUT2D eigenvalue weighted by molar-refractivity contribution is 0.0980. The average molecular weight is 307 g/mol. The molecule has 0 aromatic heterocycles. The number of carbonyl (C=O) groups is 1. The van der Waals surface area contributed by atoms with E-state index in [9.17, 15) is 9.18 Å². The molecule has 2 nitrogen and oxygen atoms in total. The van der Waals surface area contributed by atoms with Gasteiger partial charge in [0, 0.05) is 41.4 Å². The fraction of sp³-hybridized carbons (Fsp3) is 0.300. The molecule has 0 aliphatic rings. The SMILES string of the molecule is O=C(CCCNI)c1ccc(F)cc1. The summed E-state index contributed by atoms with van der Waals surface area (Å²) in [5, 5.41) is 0. The minimum absolute atomic E-state index is 0.0663. The predicted molar refractivity (Wildman–Crippen MR) is 62.0 cm³/mol. The molecule has 4 heteroatoms. The minimum Gasteiger partial charge on any atom is -0.294 e.